The van der Waals surface area contributed by atoms with Crippen LogP contribution in [0, 0.1) is 0 Å². The lowest BCUT2D eigenvalue weighted by molar-refractivity contribution is -0.139. The first-order valence-corrected chi connectivity index (χ1v) is 10.8. The van der Waals surface area contributed by atoms with Crippen LogP contribution in [0.5, 0.6) is 17.2 Å². The van der Waals surface area contributed by atoms with E-state index in [0.29, 0.717) is 5.75 Å². The lowest BCUT2D eigenvalue weighted by atomic mass is 9.99. The number of ether oxygens (including phenoxy) is 3. The summed E-state index contributed by atoms with van der Waals surface area (Å²) in [4.78, 5) is 19.2. The minimum atomic E-state index is -0.235. The summed E-state index contributed by atoms with van der Waals surface area (Å²) in [7, 11) is 0. The topological polar surface area (TPSA) is 60.9 Å². The summed E-state index contributed by atoms with van der Waals surface area (Å²) < 4.78 is 18.1. The number of aromatic nitrogens is 1. The predicted molar refractivity (Wildman–Crippen MR) is 112 cm³/mol. The lowest BCUT2D eigenvalue weighted by Gasteiger charge is -2.38. The molecule has 4 heterocycles. The second-order valence-corrected chi connectivity index (χ2v) is 9.16. The second-order valence-electron chi connectivity index (χ2n) is 9.16. The Morgan fingerprint density at radius 1 is 1.20 bits per heavy atom. The van der Waals surface area contributed by atoms with E-state index in [4.69, 9.17) is 14.2 Å². The number of pyridine rings is 1. The number of nitrogens with zero attached hydrogens (tertiary/aromatic N) is 2. The van der Waals surface area contributed by atoms with Crippen molar-refractivity contribution < 1.29 is 19.0 Å². The zero-order valence-corrected chi connectivity index (χ0v) is 17.5. The van der Waals surface area contributed by atoms with Crippen LogP contribution >= 0.6 is 0 Å². The molecule has 3 aliphatic heterocycles. The molecule has 0 aliphatic carbocycles. The number of piperidine rings is 1. The van der Waals surface area contributed by atoms with Gasteiger partial charge in [-0.05, 0) is 44.9 Å². The van der Waals surface area contributed by atoms with Gasteiger partial charge in [-0.1, -0.05) is 12.1 Å². The Balaban J connectivity index is 1.21. The lowest BCUT2D eigenvalue weighted by Crippen LogP contribution is -2.50. The fourth-order valence-electron chi connectivity index (χ4n) is 5.15. The number of hydrogen-bond donors (Lipinski definition) is 0. The monoisotopic (exact) mass is 408 g/mol. The third-order valence-electron chi connectivity index (χ3n) is 6.32. The normalized spacial score (nSPS) is 26.1. The van der Waals surface area contributed by atoms with E-state index < -0.39 is 0 Å². The fourth-order valence-corrected chi connectivity index (χ4v) is 5.15. The molecular formula is C24H28N2O4. The molecule has 5 rings (SSSR count). The summed E-state index contributed by atoms with van der Waals surface area (Å²) in [6.45, 7) is 4.18. The van der Waals surface area contributed by atoms with Gasteiger partial charge in [0, 0.05) is 43.1 Å². The summed E-state index contributed by atoms with van der Waals surface area (Å²) >= 11 is 0. The Hall–Kier alpha value is -2.76. The molecular weight excluding hydrogens is 380 g/mol. The molecule has 30 heavy (non-hydrogen) atoms. The highest BCUT2D eigenvalue weighted by Crippen LogP contribution is 2.42. The highest BCUT2D eigenvalue weighted by molar-refractivity contribution is 5.79. The van der Waals surface area contributed by atoms with Crippen molar-refractivity contribution in [3.8, 4) is 17.2 Å². The smallest absolute Gasteiger partial charge is 0.261 e. The molecule has 158 valence electrons. The van der Waals surface area contributed by atoms with Gasteiger partial charge in [0.25, 0.3) is 5.91 Å². The molecule has 0 spiro atoms. The van der Waals surface area contributed by atoms with Crippen molar-refractivity contribution in [2.24, 2.45) is 0 Å². The van der Waals surface area contributed by atoms with E-state index in [1.165, 1.54) is 0 Å². The quantitative estimate of drug-likeness (QED) is 0.754. The number of rotatable bonds is 5. The van der Waals surface area contributed by atoms with Crippen molar-refractivity contribution in [3.63, 3.8) is 0 Å². The Morgan fingerprint density at radius 3 is 2.73 bits per heavy atom. The molecule has 2 saturated heterocycles. The molecule has 6 nitrogen and oxygen atoms in total. The first-order chi connectivity index (χ1) is 14.5. The van der Waals surface area contributed by atoms with Crippen LogP contribution in [0.25, 0.3) is 0 Å². The van der Waals surface area contributed by atoms with E-state index >= 15 is 0 Å². The van der Waals surface area contributed by atoms with Crippen LogP contribution in [0.15, 0.2) is 42.7 Å². The van der Waals surface area contributed by atoms with Crippen molar-refractivity contribution in [1.82, 2.24) is 9.88 Å². The number of benzene rings is 1. The summed E-state index contributed by atoms with van der Waals surface area (Å²) in [5.41, 5.74) is 0.902. The Bertz CT molecular complexity index is 916. The first-order valence-electron chi connectivity index (χ1n) is 10.8. The van der Waals surface area contributed by atoms with Crippen molar-refractivity contribution in [2.45, 2.75) is 69.7 Å². The van der Waals surface area contributed by atoms with Crippen LogP contribution < -0.4 is 14.2 Å². The SMILES string of the molecule is CC1(C)Cc2cccc(OCC(=O)N3C4CCC3CC(Oc3cccnc3)C4)c2O1. The Kier molecular flexibility index (Phi) is 4.80. The van der Waals surface area contributed by atoms with Crippen molar-refractivity contribution in [2.75, 3.05) is 6.61 Å². The number of para-hydroxylation sites is 1. The fraction of sp³-hybridized carbons (Fsp3) is 0.500. The van der Waals surface area contributed by atoms with E-state index in [9.17, 15) is 4.79 Å². The molecule has 2 bridgehead atoms. The van der Waals surface area contributed by atoms with Crippen LogP contribution in [0.2, 0.25) is 0 Å². The molecule has 0 saturated carbocycles. The molecule has 2 unspecified atom stereocenters. The van der Waals surface area contributed by atoms with Gasteiger partial charge in [-0.2, -0.15) is 0 Å². The maximum atomic E-state index is 13.0. The van der Waals surface area contributed by atoms with E-state index in [1.54, 1.807) is 12.4 Å². The minimum Gasteiger partial charge on any atom is -0.489 e. The van der Waals surface area contributed by atoms with E-state index in [2.05, 4.69) is 24.9 Å². The second kappa shape index (κ2) is 7.49. The van der Waals surface area contributed by atoms with Gasteiger partial charge in [0.15, 0.2) is 18.1 Å². The number of carbonyl (C=O) groups is 1. The van der Waals surface area contributed by atoms with Crippen LogP contribution in [-0.4, -0.2) is 46.2 Å². The summed E-state index contributed by atoms with van der Waals surface area (Å²) in [6, 6.07) is 10.2. The Labute approximate surface area is 177 Å². The molecule has 0 N–H and O–H groups in total. The molecule has 2 aromatic rings. The molecule has 3 aliphatic rings. The molecule has 2 fully saturated rings. The third kappa shape index (κ3) is 3.71. The van der Waals surface area contributed by atoms with Gasteiger partial charge >= 0.3 is 0 Å². The molecule has 1 aromatic carbocycles. The van der Waals surface area contributed by atoms with Crippen LogP contribution in [0.4, 0.5) is 0 Å². The van der Waals surface area contributed by atoms with Crippen molar-refractivity contribution in [1.29, 1.82) is 0 Å². The number of carbonyl (C=O) groups excluding carboxylic acids is 1. The van der Waals surface area contributed by atoms with Gasteiger partial charge in [0.1, 0.15) is 17.5 Å². The molecule has 1 amide bonds. The van der Waals surface area contributed by atoms with Crippen LogP contribution in [0.3, 0.4) is 0 Å². The van der Waals surface area contributed by atoms with E-state index in [0.717, 1.165) is 49.2 Å². The third-order valence-corrected chi connectivity index (χ3v) is 6.32. The maximum Gasteiger partial charge on any atom is 0.261 e. The van der Waals surface area contributed by atoms with Gasteiger partial charge in [0.2, 0.25) is 0 Å². The van der Waals surface area contributed by atoms with Gasteiger partial charge in [-0.15, -0.1) is 0 Å². The van der Waals surface area contributed by atoms with Crippen molar-refractivity contribution >= 4 is 5.91 Å². The molecule has 2 atom stereocenters. The summed E-state index contributed by atoms with van der Waals surface area (Å²) in [5.74, 6) is 2.29. The van der Waals surface area contributed by atoms with Gasteiger partial charge < -0.3 is 19.1 Å². The van der Waals surface area contributed by atoms with E-state index in [-0.39, 0.29) is 36.3 Å². The standard InChI is InChI=1S/C24H28N2O4/c1-24(2)13-16-5-3-7-21(23(16)30-24)28-15-22(27)26-17-8-9-18(26)12-20(11-17)29-19-6-4-10-25-14-19/h3-7,10,14,17-18,20H,8-9,11-13,15H2,1-2H3. The Morgan fingerprint density at radius 2 is 2.00 bits per heavy atom. The van der Waals surface area contributed by atoms with Crippen molar-refractivity contribution in [3.05, 3.63) is 48.3 Å². The highest BCUT2D eigenvalue weighted by atomic mass is 16.5. The average Bonchev–Trinajstić information content (AvgIpc) is 3.19. The largest absolute Gasteiger partial charge is 0.489 e. The van der Waals surface area contributed by atoms with Crippen LogP contribution in [-0.2, 0) is 11.2 Å². The number of amides is 1. The highest BCUT2D eigenvalue weighted by Gasteiger charge is 2.44. The maximum absolute atomic E-state index is 13.0. The summed E-state index contributed by atoms with van der Waals surface area (Å²) in [5, 5.41) is 0. The van der Waals surface area contributed by atoms with Gasteiger partial charge in [-0.25, -0.2) is 0 Å². The first kappa shape index (κ1) is 19.2. The number of hydrogen-bond acceptors (Lipinski definition) is 5. The average molecular weight is 408 g/mol. The predicted octanol–water partition coefficient (Wildman–Crippen LogP) is 3.77. The summed E-state index contributed by atoms with van der Waals surface area (Å²) in [6.07, 6.45) is 8.24. The van der Waals surface area contributed by atoms with Crippen LogP contribution in [0.1, 0.15) is 45.1 Å². The van der Waals surface area contributed by atoms with Gasteiger partial charge in [-0.3, -0.25) is 9.78 Å². The zero-order valence-electron chi connectivity index (χ0n) is 17.5. The molecule has 6 heteroatoms. The molecule has 0 radical (unpaired) electrons. The zero-order chi connectivity index (χ0) is 20.7. The minimum absolute atomic E-state index is 0.0430. The van der Waals surface area contributed by atoms with Gasteiger partial charge in [0.05, 0.1) is 6.20 Å². The number of fused-ring (bicyclic) bond motifs is 3. The van der Waals surface area contributed by atoms with E-state index in [1.807, 2.05) is 29.2 Å². The molecule has 1 aromatic heterocycles.